The summed E-state index contributed by atoms with van der Waals surface area (Å²) in [5.41, 5.74) is 6.30. The van der Waals surface area contributed by atoms with Crippen molar-refractivity contribution in [3.63, 3.8) is 0 Å². The van der Waals surface area contributed by atoms with Crippen LogP contribution in [-0.4, -0.2) is 24.4 Å². The zero-order chi connectivity index (χ0) is 15.2. The maximum absolute atomic E-state index is 12.0. The Morgan fingerprint density at radius 2 is 1.95 bits per heavy atom. The Balaban J connectivity index is 1.88. The van der Waals surface area contributed by atoms with Crippen LogP contribution < -0.4 is 16.4 Å². The first-order valence-corrected chi connectivity index (χ1v) is 7.50. The lowest BCUT2D eigenvalue weighted by Gasteiger charge is -2.29. The minimum atomic E-state index is -0.501. The molecule has 21 heavy (non-hydrogen) atoms. The van der Waals surface area contributed by atoms with E-state index in [1.807, 2.05) is 0 Å². The van der Waals surface area contributed by atoms with Crippen LogP contribution in [0.15, 0.2) is 24.3 Å². The fourth-order valence-corrected chi connectivity index (χ4v) is 2.82. The van der Waals surface area contributed by atoms with E-state index in [-0.39, 0.29) is 18.5 Å². The monoisotopic (exact) mass is 289 g/mol. The highest BCUT2D eigenvalue weighted by Gasteiger charge is 2.22. The quantitative estimate of drug-likeness (QED) is 0.774. The van der Waals surface area contributed by atoms with Gasteiger partial charge in [0.25, 0.3) is 5.91 Å². The first-order valence-electron chi connectivity index (χ1n) is 7.50. The molecule has 0 spiro atoms. The van der Waals surface area contributed by atoms with Gasteiger partial charge in [-0.05, 0) is 30.9 Å². The molecule has 0 heterocycles. The molecule has 1 aliphatic carbocycles. The van der Waals surface area contributed by atoms with Crippen molar-refractivity contribution in [1.82, 2.24) is 5.32 Å². The van der Waals surface area contributed by atoms with Gasteiger partial charge in [0.15, 0.2) is 0 Å². The number of benzene rings is 1. The van der Waals surface area contributed by atoms with Gasteiger partial charge in [0.05, 0.1) is 12.1 Å². The molecule has 0 bridgehead atoms. The summed E-state index contributed by atoms with van der Waals surface area (Å²) in [6.07, 6.45) is 4.64. The van der Waals surface area contributed by atoms with Crippen LogP contribution in [0.4, 0.5) is 5.69 Å². The van der Waals surface area contributed by atoms with Crippen molar-refractivity contribution in [3.8, 4) is 0 Å². The smallest absolute Gasteiger partial charge is 0.250 e. The fourth-order valence-electron chi connectivity index (χ4n) is 2.82. The lowest BCUT2D eigenvalue weighted by molar-refractivity contribution is -0.120. The summed E-state index contributed by atoms with van der Waals surface area (Å²) in [6.45, 7) is 2.33. The molecule has 2 atom stereocenters. The van der Waals surface area contributed by atoms with E-state index in [0.717, 1.165) is 6.42 Å². The van der Waals surface area contributed by atoms with Gasteiger partial charge in [0.2, 0.25) is 5.91 Å². The Labute approximate surface area is 125 Å². The first kappa shape index (κ1) is 15.4. The number of primary amides is 1. The fraction of sp³-hybridized carbons (Fsp3) is 0.500. The molecular formula is C16H23N3O2. The lowest BCUT2D eigenvalue weighted by atomic mass is 9.86. The Bertz CT molecular complexity index is 516. The maximum Gasteiger partial charge on any atom is 0.250 e. The van der Waals surface area contributed by atoms with Crippen LogP contribution in [0.5, 0.6) is 0 Å². The van der Waals surface area contributed by atoms with Crippen molar-refractivity contribution in [2.45, 2.75) is 38.6 Å². The summed E-state index contributed by atoms with van der Waals surface area (Å²) < 4.78 is 0. The van der Waals surface area contributed by atoms with Gasteiger partial charge in [-0.15, -0.1) is 0 Å². The normalized spacial score (nSPS) is 21.6. The summed E-state index contributed by atoms with van der Waals surface area (Å²) in [5.74, 6) is -0.0203. The van der Waals surface area contributed by atoms with Gasteiger partial charge in [-0.2, -0.15) is 0 Å². The zero-order valence-corrected chi connectivity index (χ0v) is 12.4. The SMILES string of the molecule is C[C@H]1CCCC[C@@H]1NC(=O)CNc1ccccc1C(N)=O. The number of para-hydroxylation sites is 1. The molecule has 2 amide bonds. The van der Waals surface area contributed by atoms with E-state index in [0.29, 0.717) is 17.2 Å². The van der Waals surface area contributed by atoms with E-state index >= 15 is 0 Å². The predicted octanol–water partition coefficient (Wildman–Crippen LogP) is 1.89. The molecule has 1 fully saturated rings. The molecule has 0 saturated heterocycles. The molecule has 1 aromatic carbocycles. The highest BCUT2D eigenvalue weighted by Crippen LogP contribution is 2.23. The van der Waals surface area contributed by atoms with Crippen molar-refractivity contribution in [2.24, 2.45) is 11.7 Å². The molecule has 1 aromatic rings. The number of anilines is 1. The number of carbonyl (C=O) groups is 2. The first-order chi connectivity index (χ1) is 10.1. The molecule has 5 nitrogen and oxygen atoms in total. The van der Waals surface area contributed by atoms with E-state index < -0.39 is 5.91 Å². The third-order valence-electron chi connectivity index (χ3n) is 4.09. The molecular weight excluding hydrogens is 266 g/mol. The van der Waals surface area contributed by atoms with E-state index in [4.69, 9.17) is 5.73 Å². The highest BCUT2D eigenvalue weighted by molar-refractivity contribution is 5.99. The number of hydrogen-bond acceptors (Lipinski definition) is 3. The van der Waals surface area contributed by atoms with Gasteiger partial charge in [-0.1, -0.05) is 31.9 Å². The van der Waals surface area contributed by atoms with Crippen molar-refractivity contribution < 1.29 is 9.59 Å². The average Bonchev–Trinajstić information content (AvgIpc) is 2.48. The summed E-state index contributed by atoms with van der Waals surface area (Å²) in [7, 11) is 0. The molecule has 0 unspecified atom stereocenters. The van der Waals surface area contributed by atoms with Gasteiger partial charge in [0, 0.05) is 11.7 Å². The van der Waals surface area contributed by atoms with Gasteiger partial charge < -0.3 is 16.4 Å². The summed E-state index contributed by atoms with van der Waals surface area (Å²) >= 11 is 0. The Morgan fingerprint density at radius 3 is 2.67 bits per heavy atom. The number of hydrogen-bond donors (Lipinski definition) is 3. The van der Waals surface area contributed by atoms with E-state index in [1.54, 1.807) is 24.3 Å². The largest absolute Gasteiger partial charge is 0.376 e. The lowest BCUT2D eigenvalue weighted by Crippen LogP contribution is -2.43. The number of carbonyl (C=O) groups excluding carboxylic acids is 2. The Hall–Kier alpha value is -2.04. The summed E-state index contributed by atoms with van der Waals surface area (Å²) in [6, 6.07) is 7.20. The van der Waals surface area contributed by atoms with Crippen molar-refractivity contribution in [1.29, 1.82) is 0 Å². The van der Waals surface area contributed by atoms with Gasteiger partial charge >= 0.3 is 0 Å². The van der Waals surface area contributed by atoms with Gasteiger partial charge in [-0.3, -0.25) is 9.59 Å². The Kier molecular flexibility index (Phi) is 5.20. The second-order valence-corrected chi connectivity index (χ2v) is 5.70. The predicted molar refractivity (Wildman–Crippen MR) is 83.0 cm³/mol. The molecule has 0 radical (unpaired) electrons. The molecule has 1 saturated carbocycles. The van der Waals surface area contributed by atoms with Crippen molar-refractivity contribution >= 4 is 17.5 Å². The van der Waals surface area contributed by atoms with Gasteiger partial charge in [0.1, 0.15) is 0 Å². The summed E-state index contributed by atoms with van der Waals surface area (Å²) in [5, 5.41) is 6.06. The van der Waals surface area contributed by atoms with Crippen molar-refractivity contribution in [2.75, 3.05) is 11.9 Å². The standard InChI is InChI=1S/C16H23N3O2/c1-11-6-2-4-8-13(11)19-15(20)10-18-14-9-5-3-7-12(14)16(17)21/h3,5,7,9,11,13,18H,2,4,6,8,10H2,1H3,(H2,17,21)(H,19,20)/t11-,13-/m0/s1. The molecule has 5 heteroatoms. The van der Waals surface area contributed by atoms with Crippen LogP contribution in [0.25, 0.3) is 0 Å². The second kappa shape index (κ2) is 7.11. The third-order valence-corrected chi connectivity index (χ3v) is 4.09. The molecule has 114 valence electrons. The Morgan fingerprint density at radius 1 is 1.24 bits per heavy atom. The van der Waals surface area contributed by atoms with Crippen LogP contribution in [-0.2, 0) is 4.79 Å². The zero-order valence-electron chi connectivity index (χ0n) is 12.4. The third kappa shape index (κ3) is 4.21. The van der Waals surface area contributed by atoms with Crippen LogP contribution in [0.1, 0.15) is 43.0 Å². The van der Waals surface area contributed by atoms with Crippen LogP contribution >= 0.6 is 0 Å². The average molecular weight is 289 g/mol. The highest BCUT2D eigenvalue weighted by atomic mass is 16.2. The molecule has 4 N–H and O–H groups in total. The molecule has 2 rings (SSSR count). The number of rotatable bonds is 5. The van der Waals surface area contributed by atoms with Crippen LogP contribution in [0, 0.1) is 5.92 Å². The number of amides is 2. The van der Waals surface area contributed by atoms with Crippen molar-refractivity contribution in [3.05, 3.63) is 29.8 Å². The van der Waals surface area contributed by atoms with E-state index in [2.05, 4.69) is 17.6 Å². The number of nitrogens with one attached hydrogen (secondary N) is 2. The minimum absolute atomic E-state index is 0.0481. The molecule has 1 aliphatic rings. The minimum Gasteiger partial charge on any atom is -0.376 e. The van der Waals surface area contributed by atoms with Crippen LogP contribution in [0.3, 0.4) is 0 Å². The van der Waals surface area contributed by atoms with Gasteiger partial charge in [-0.25, -0.2) is 0 Å². The molecule has 0 aromatic heterocycles. The maximum atomic E-state index is 12.0. The topological polar surface area (TPSA) is 84.2 Å². The van der Waals surface area contributed by atoms with Crippen LogP contribution in [0.2, 0.25) is 0 Å². The summed E-state index contributed by atoms with van der Waals surface area (Å²) in [4.78, 5) is 23.3. The second-order valence-electron chi connectivity index (χ2n) is 5.70. The van der Waals surface area contributed by atoms with E-state index in [9.17, 15) is 9.59 Å². The molecule has 0 aliphatic heterocycles. The number of nitrogens with two attached hydrogens (primary N) is 1. The van der Waals surface area contributed by atoms with E-state index in [1.165, 1.54) is 19.3 Å².